The van der Waals surface area contributed by atoms with Crippen molar-refractivity contribution < 1.29 is 0 Å². The van der Waals surface area contributed by atoms with Crippen LogP contribution in [0.15, 0.2) is 11.4 Å². The van der Waals surface area contributed by atoms with E-state index < -0.39 is 0 Å². The van der Waals surface area contributed by atoms with E-state index in [1.807, 2.05) is 6.07 Å². The molecule has 84 valence electrons. The number of nitrogens with two attached hydrogens (primary N) is 1. The summed E-state index contributed by atoms with van der Waals surface area (Å²) in [5, 5.41) is 2.96. The fourth-order valence-electron chi connectivity index (χ4n) is 2.08. The summed E-state index contributed by atoms with van der Waals surface area (Å²) in [6.07, 6.45) is 1.22. The zero-order chi connectivity index (χ0) is 10.8. The minimum absolute atomic E-state index is 0.314. The summed E-state index contributed by atoms with van der Waals surface area (Å²) in [7, 11) is 0. The molecule has 0 radical (unpaired) electrons. The van der Waals surface area contributed by atoms with Crippen molar-refractivity contribution in [2.24, 2.45) is 11.7 Å². The van der Waals surface area contributed by atoms with Crippen LogP contribution in [0.25, 0.3) is 0 Å². The van der Waals surface area contributed by atoms with Crippen molar-refractivity contribution in [1.82, 2.24) is 4.90 Å². The van der Waals surface area contributed by atoms with Gasteiger partial charge in [0.2, 0.25) is 0 Å². The SMILES string of the molecule is CC(N)C1CCN(Cc2sccc2Cl)C1. The topological polar surface area (TPSA) is 29.3 Å². The van der Waals surface area contributed by atoms with Crippen LogP contribution in [0.1, 0.15) is 18.2 Å². The molecule has 1 fully saturated rings. The summed E-state index contributed by atoms with van der Waals surface area (Å²) in [5.41, 5.74) is 5.91. The Morgan fingerprint density at radius 1 is 1.73 bits per heavy atom. The molecular weight excluding hydrogens is 228 g/mol. The molecule has 1 aliphatic rings. The highest BCUT2D eigenvalue weighted by molar-refractivity contribution is 7.10. The van der Waals surface area contributed by atoms with Crippen LogP contribution in [0.2, 0.25) is 5.02 Å². The largest absolute Gasteiger partial charge is 0.328 e. The van der Waals surface area contributed by atoms with Crippen molar-refractivity contribution in [2.45, 2.75) is 25.9 Å². The van der Waals surface area contributed by atoms with E-state index in [1.54, 1.807) is 11.3 Å². The van der Waals surface area contributed by atoms with Crippen LogP contribution >= 0.6 is 22.9 Å². The van der Waals surface area contributed by atoms with Crippen molar-refractivity contribution in [3.63, 3.8) is 0 Å². The summed E-state index contributed by atoms with van der Waals surface area (Å²) in [6, 6.07) is 2.29. The molecule has 1 aromatic heterocycles. The van der Waals surface area contributed by atoms with Crippen LogP contribution in [-0.2, 0) is 6.54 Å². The lowest BCUT2D eigenvalue weighted by Crippen LogP contribution is -2.29. The molecule has 1 aliphatic heterocycles. The molecule has 0 aliphatic carbocycles. The van der Waals surface area contributed by atoms with Gasteiger partial charge in [0.15, 0.2) is 0 Å². The van der Waals surface area contributed by atoms with Gasteiger partial charge in [0.1, 0.15) is 0 Å². The first-order valence-corrected chi connectivity index (χ1v) is 6.62. The zero-order valence-corrected chi connectivity index (χ0v) is 10.5. The molecule has 4 heteroatoms. The monoisotopic (exact) mass is 244 g/mol. The minimum atomic E-state index is 0.314. The number of hydrogen-bond donors (Lipinski definition) is 1. The molecule has 1 saturated heterocycles. The van der Waals surface area contributed by atoms with Gasteiger partial charge < -0.3 is 5.73 Å². The average molecular weight is 245 g/mol. The molecule has 2 unspecified atom stereocenters. The molecule has 2 nitrogen and oxygen atoms in total. The Kier molecular flexibility index (Phi) is 3.67. The Bertz CT molecular complexity index is 324. The molecular formula is C11H17ClN2S. The molecule has 2 atom stereocenters. The number of thiophene rings is 1. The lowest BCUT2D eigenvalue weighted by molar-refractivity contribution is 0.311. The van der Waals surface area contributed by atoms with Crippen LogP contribution in [0.4, 0.5) is 0 Å². The van der Waals surface area contributed by atoms with E-state index in [-0.39, 0.29) is 0 Å². The van der Waals surface area contributed by atoms with E-state index in [0.717, 1.165) is 24.7 Å². The van der Waals surface area contributed by atoms with E-state index in [0.29, 0.717) is 12.0 Å². The van der Waals surface area contributed by atoms with E-state index in [1.165, 1.54) is 11.3 Å². The van der Waals surface area contributed by atoms with Gasteiger partial charge in [-0.3, -0.25) is 4.90 Å². The maximum Gasteiger partial charge on any atom is 0.0558 e. The van der Waals surface area contributed by atoms with Crippen molar-refractivity contribution in [3.8, 4) is 0 Å². The minimum Gasteiger partial charge on any atom is -0.328 e. The number of nitrogens with zero attached hydrogens (tertiary/aromatic N) is 1. The van der Waals surface area contributed by atoms with Gasteiger partial charge in [-0.2, -0.15) is 0 Å². The molecule has 2 N–H and O–H groups in total. The third kappa shape index (κ3) is 2.72. The number of rotatable bonds is 3. The number of likely N-dealkylation sites (tertiary alicyclic amines) is 1. The van der Waals surface area contributed by atoms with Crippen LogP contribution in [0.3, 0.4) is 0 Å². The Morgan fingerprint density at radius 2 is 2.53 bits per heavy atom. The molecule has 0 saturated carbocycles. The first-order valence-electron chi connectivity index (χ1n) is 5.36. The first-order chi connectivity index (χ1) is 7.16. The Morgan fingerprint density at radius 3 is 3.07 bits per heavy atom. The van der Waals surface area contributed by atoms with Gasteiger partial charge in [0.05, 0.1) is 5.02 Å². The van der Waals surface area contributed by atoms with E-state index in [2.05, 4.69) is 17.2 Å². The van der Waals surface area contributed by atoms with E-state index >= 15 is 0 Å². The molecule has 0 amide bonds. The molecule has 0 spiro atoms. The predicted octanol–water partition coefficient (Wildman–Crippen LogP) is 2.57. The maximum absolute atomic E-state index is 6.08. The molecule has 0 bridgehead atoms. The van der Waals surface area contributed by atoms with Gasteiger partial charge in [-0.25, -0.2) is 0 Å². The normalized spacial score (nSPS) is 24.6. The second kappa shape index (κ2) is 4.83. The van der Waals surface area contributed by atoms with Gasteiger partial charge >= 0.3 is 0 Å². The first kappa shape index (κ1) is 11.4. The molecule has 2 rings (SSSR count). The second-order valence-corrected chi connectivity index (χ2v) is 5.74. The van der Waals surface area contributed by atoms with Gasteiger partial charge in [-0.05, 0) is 37.3 Å². The average Bonchev–Trinajstić information content (AvgIpc) is 2.77. The Balaban J connectivity index is 1.90. The highest BCUT2D eigenvalue weighted by Gasteiger charge is 2.25. The van der Waals surface area contributed by atoms with Crippen molar-refractivity contribution >= 4 is 22.9 Å². The maximum atomic E-state index is 6.08. The van der Waals surface area contributed by atoms with E-state index in [9.17, 15) is 0 Å². The highest BCUT2D eigenvalue weighted by atomic mass is 35.5. The summed E-state index contributed by atoms with van der Waals surface area (Å²) in [5.74, 6) is 0.656. The lowest BCUT2D eigenvalue weighted by Gasteiger charge is -2.17. The van der Waals surface area contributed by atoms with Gasteiger partial charge in [0.25, 0.3) is 0 Å². The summed E-state index contributed by atoms with van der Waals surface area (Å²) >= 11 is 7.82. The summed E-state index contributed by atoms with van der Waals surface area (Å²) < 4.78 is 0. The van der Waals surface area contributed by atoms with Crippen molar-refractivity contribution in [3.05, 3.63) is 21.3 Å². The highest BCUT2D eigenvalue weighted by Crippen LogP contribution is 2.27. The number of hydrogen-bond acceptors (Lipinski definition) is 3. The van der Waals surface area contributed by atoms with E-state index in [4.69, 9.17) is 17.3 Å². The number of halogens is 1. The lowest BCUT2D eigenvalue weighted by atomic mass is 10.0. The van der Waals surface area contributed by atoms with Gasteiger partial charge in [0, 0.05) is 24.0 Å². The van der Waals surface area contributed by atoms with Crippen molar-refractivity contribution in [2.75, 3.05) is 13.1 Å². The van der Waals surface area contributed by atoms with Crippen LogP contribution in [-0.4, -0.2) is 24.0 Å². The predicted molar refractivity (Wildman–Crippen MR) is 66.4 cm³/mol. The Labute approximate surface area is 100 Å². The second-order valence-electron chi connectivity index (χ2n) is 4.33. The fourth-order valence-corrected chi connectivity index (χ4v) is 3.21. The summed E-state index contributed by atoms with van der Waals surface area (Å²) in [6.45, 7) is 5.36. The third-order valence-electron chi connectivity index (χ3n) is 3.11. The van der Waals surface area contributed by atoms with Crippen LogP contribution in [0.5, 0.6) is 0 Å². The fraction of sp³-hybridized carbons (Fsp3) is 0.636. The third-order valence-corrected chi connectivity index (χ3v) is 4.48. The van der Waals surface area contributed by atoms with Crippen LogP contribution < -0.4 is 5.73 Å². The standard InChI is InChI=1S/C11H17ClN2S/c1-8(13)9-2-4-14(6-9)7-11-10(12)3-5-15-11/h3,5,8-9H,2,4,6-7,13H2,1H3. The van der Waals surface area contributed by atoms with Crippen molar-refractivity contribution in [1.29, 1.82) is 0 Å². The van der Waals surface area contributed by atoms with Gasteiger partial charge in [-0.15, -0.1) is 11.3 Å². The Hall–Kier alpha value is -0.0900. The molecule has 2 heterocycles. The quantitative estimate of drug-likeness (QED) is 0.886. The smallest absolute Gasteiger partial charge is 0.0558 e. The molecule has 0 aromatic carbocycles. The molecule has 1 aromatic rings. The van der Waals surface area contributed by atoms with Crippen LogP contribution in [0, 0.1) is 5.92 Å². The molecule has 15 heavy (non-hydrogen) atoms. The van der Waals surface area contributed by atoms with Gasteiger partial charge in [-0.1, -0.05) is 11.6 Å². The summed E-state index contributed by atoms with van der Waals surface area (Å²) in [4.78, 5) is 3.73. The zero-order valence-electron chi connectivity index (χ0n) is 8.95.